The molecule has 3 amide bonds. The second-order valence-electron chi connectivity index (χ2n) is 10.4. The van der Waals surface area contributed by atoms with Gasteiger partial charge in [0.05, 0.1) is 12.1 Å². The van der Waals surface area contributed by atoms with Crippen LogP contribution in [0.3, 0.4) is 0 Å². The standard InChI is InChI=1S/C23H38N4O4/c1-8-10-14(17(28)20(30)25-11-9-2)26-19(29)16-15-13(23(15,6)7)12-27(16)21(31)18(24)22(3,4)5/h9,13-16,18H,2,8,10-12,24H2,1,3-7H3,(H,25,30)(H,26,29)/t13-,14?,15-,16-,18+/m0/s1. The lowest BCUT2D eigenvalue weighted by molar-refractivity contribution is -0.144. The molecule has 0 aromatic carbocycles. The Kier molecular flexibility index (Phi) is 7.35. The lowest BCUT2D eigenvalue weighted by Gasteiger charge is -2.36. The van der Waals surface area contributed by atoms with Crippen molar-refractivity contribution < 1.29 is 19.2 Å². The van der Waals surface area contributed by atoms with E-state index < -0.39 is 41.1 Å². The summed E-state index contributed by atoms with van der Waals surface area (Å²) in [5, 5.41) is 5.23. The number of nitrogens with two attached hydrogens (primary N) is 1. The number of rotatable bonds is 9. The molecule has 0 spiro atoms. The summed E-state index contributed by atoms with van der Waals surface area (Å²) in [6, 6.07) is -2.36. The molecule has 2 fully saturated rings. The molecular formula is C23H38N4O4. The number of hydrogen-bond acceptors (Lipinski definition) is 5. The molecule has 0 bridgehead atoms. The lowest BCUT2D eigenvalue weighted by Crippen LogP contribution is -2.59. The highest BCUT2D eigenvalue weighted by Crippen LogP contribution is 2.65. The zero-order valence-electron chi connectivity index (χ0n) is 19.7. The van der Waals surface area contributed by atoms with Gasteiger partial charge in [-0.1, -0.05) is 54.0 Å². The number of carbonyl (C=O) groups is 4. The first-order valence-electron chi connectivity index (χ1n) is 11.1. The van der Waals surface area contributed by atoms with Crippen LogP contribution in [0.5, 0.6) is 0 Å². The maximum atomic E-state index is 13.3. The molecule has 1 heterocycles. The third-order valence-corrected chi connectivity index (χ3v) is 6.80. The van der Waals surface area contributed by atoms with E-state index in [1.165, 1.54) is 6.08 Å². The van der Waals surface area contributed by atoms with Crippen LogP contribution in [0.1, 0.15) is 54.4 Å². The van der Waals surface area contributed by atoms with E-state index in [9.17, 15) is 19.2 Å². The summed E-state index contributed by atoms with van der Waals surface area (Å²) in [6.45, 7) is 15.9. The highest BCUT2D eigenvalue weighted by atomic mass is 16.2. The van der Waals surface area contributed by atoms with Gasteiger partial charge in [-0.2, -0.15) is 0 Å². The Labute approximate surface area is 185 Å². The molecule has 5 atom stereocenters. The van der Waals surface area contributed by atoms with E-state index in [2.05, 4.69) is 31.1 Å². The fraction of sp³-hybridized carbons (Fsp3) is 0.739. The summed E-state index contributed by atoms with van der Waals surface area (Å²) >= 11 is 0. The number of ketones is 1. The van der Waals surface area contributed by atoms with E-state index >= 15 is 0 Å². The number of amides is 3. The van der Waals surface area contributed by atoms with Gasteiger partial charge in [0.2, 0.25) is 17.6 Å². The van der Waals surface area contributed by atoms with E-state index in [1.54, 1.807) is 4.90 Å². The molecule has 1 saturated carbocycles. The Morgan fingerprint density at radius 2 is 1.87 bits per heavy atom. The Morgan fingerprint density at radius 1 is 1.26 bits per heavy atom. The first kappa shape index (κ1) is 25.0. The molecule has 0 aromatic rings. The number of Topliss-reactive ketones (excluding diaryl/α,β-unsaturated/α-hetero) is 1. The Hall–Kier alpha value is -2.22. The van der Waals surface area contributed by atoms with Gasteiger partial charge < -0.3 is 21.3 Å². The predicted molar refractivity (Wildman–Crippen MR) is 119 cm³/mol. The molecule has 2 rings (SSSR count). The van der Waals surface area contributed by atoms with Crippen molar-refractivity contribution in [3.63, 3.8) is 0 Å². The zero-order valence-corrected chi connectivity index (χ0v) is 19.7. The van der Waals surface area contributed by atoms with Crippen molar-refractivity contribution in [2.45, 2.75) is 72.5 Å². The Bertz CT molecular complexity index is 755. The van der Waals surface area contributed by atoms with Crippen LogP contribution in [0.4, 0.5) is 0 Å². The number of hydrogen-bond donors (Lipinski definition) is 3. The minimum atomic E-state index is -0.934. The van der Waals surface area contributed by atoms with Gasteiger partial charge in [0.25, 0.3) is 5.91 Å². The number of fused-ring (bicyclic) bond motifs is 1. The largest absolute Gasteiger partial charge is 0.346 e. The van der Waals surface area contributed by atoms with Crippen molar-refractivity contribution in [3.05, 3.63) is 12.7 Å². The molecule has 2 aliphatic rings. The molecule has 1 saturated heterocycles. The summed E-state index contributed by atoms with van der Waals surface area (Å²) in [5.74, 6) is -1.86. The highest BCUT2D eigenvalue weighted by molar-refractivity contribution is 6.38. The number of piperidine rings is 1. The number of nitrogens with one attached hydrogen (secondary N) is 2. The van der Waals surface area contributed by atoms with Crippen molar-refractivity contribution in [2.75, 3.05) is 13.1 Å². The van der Waals surface area contributed by atoms with Crippen LogP contribution in [0, 0.1) is 22.7 Å². The average Bonchev–Trinajstić information content (AvgIpc) is 3.04. The number of carbonyl (C=O) groups excluding carboxylic acids is 4. The van der Waals surface area contributed by atoms with E-state index in [0.717, 1.165) is 0 Å². The molecular weight excluding hydrogens is 396 g/mol. The van der Waals surface area contributed by atoms with E-state index in [0.29, 0.717) is 19.4 Å². The van der Waals surface area contributed by atoms with Gasteiger partial charge in [0.1, 0.15) is 6.04 Å². The molecule has 8 heteroatoms. The maximum absolute atomic E-state index is 13.3. The van der Waals surface area contributed by atoms with Crippen LogP contribution in [0.15, 0.2) is 12.7 Å². The number of likely N-dealkylation sites (tertiary alicyclic amines) is 1. The van der Waals surface area contributed by atoms with Crippen LogP contribution < -0.4 is 16.4 Å². The van der Waals surface area contributed by atoms with Crippen LogP contribution in [-0.2, 0) is 19.2 Å². The first-order valence-corrected chi connectivity index (χ1v) is 11.1. The third kappa shape index (κ3) is 5.00. The van der Waals surface area contributed by atoms with E-state index in [-0.39, 0.29) is 29.7 Å². The Morgan fingerprint density at radius 3 is 2.39 bits per heavy atom. The fourth-order valence-corrected chi connectivity index (χ4v) is 4.59. The summed E-state index contributed by atoms with van der Waals surface area (Å²) in [5.41, 5.74) is 5.71. The maximum Gasteiger partial charge on any atom is 0.289 e. The predicted octanol–water partition coefficient (Wildman–Crippen LogP) is 0.999. The fourth-order valence-electron chi connectivity index (χ4n) is 4.59. The van der Waals surface area contributed by atoms with Crippen LogP contribution in [-0.4, -0.2) is 59.6 Å². The van der Waals surface area contributed by atoms with Gasteiger partial charge in [-0.25, -0.2) is 0 Å². The van der Waals surface area contributed by atoms with Crippen molar-refractivity contribution in [1.82, 2.24) is 15.5 Å². The van der Waals surface area contributed by atoms with Gasteiger partial charge in [-0.05, 0) is 29.1 Å². The Balaban J connectivity index is 2.21. The molecule has 0 radical (unpaired) electrons. The molecule has 8 nitrogen and oxygen atoms in total. The van der Waals surface area contributed by atoms with Gasteiger partial charge >= 0.3 is 0 Å². The topological polar surface area (TPSA) is 122 Å². The minimum absolute atomic E-state index is 0.00980. The second kappa shape index (κ2) is 9.10. The number of nitrogens with zero attached hydrogens (tertiary/aromatic N) is 1. The van der Waals surface area contributed by atoms with Crippen molar-refractivity contribution in [3.8, 4) is 0 Å². The van der Waals surface area contributed by atoms with Crippen LogP contribution in [0.2, 0.25) is 0 Å². The summed E-state index contributed by atoms with van der Waals surface area (Å²) in [7, 11) is 0. The zero-order chi connectivity index (χ0) is 23.7. The second-order valence-corrected chi connectivity index (χ2v) is 10.4. The van der Waals surface area contributed by atoms with Crippen molar-refractivity contribution in [2.24, 2.45) is 28.4 Å². The van der Waals surface area contributed by atoms with Gasteiger partial charge in [-0.3, -0.25) is 19.2 Å². The molecule has 1 unspecified atom stereocenters. The third-order valence-electron chi connectivity index (χ3n) is 6.80. The van der Waals surface area contributed by atoms with E-state index in [1.807, 2.05) is 27.7 Å². The van der Waals surface area contributed by atoms with Crippen molar-refractivity contribution >= 4 is 23.5 Å². The molecule has 1 aliphatic carbocycles. The average molecular weight is 435 g/mol. The molecule has 174 valence electrons. The van der Waals surface area contributed by atoms with Crippen LogP contribution >= 0.6 is 0 Å². The minimum Gasteiger partial charge on any atom is -0.346 e. The summed E-state index contributed by atoms with van der Waals surface area (Å²) < 4.78 is 0. The quantitative estimate of drug-likeness (QED) is 0.369. The molecule has 4 N–H and O–H groups in total. The highest BCUT2D eigenvalue weighted by Gasteiger charge is 2.69. The first-order chi connectivity index (χ1) is 14.3. The monoisotopic (exact) mass is 434 g/mol. The summed E-state index contributed by atoms with van der Waals surface area (Å²) in [6.07, 6.45) is 2.44. The normalized spacial score (nSPS) is 25.8. The van der Waals surface area contributed by atoms with Gasteiger partial charge in [0, 0.05) is 13.1 Å². The summed E-state index contributed by atoms with van der Waals surface area (Å²) in [4.78, 5) is 52.8. The van der Waals surface area contributed by atoms with Crippen molar-refractivity contribution in [1.29, 1.82) is 0 Å². The smallest absolute Gasteiger partial charge is 0.289 e. The van der Waals surface area contributed by atoms with E-state index in [4.69, 9.17) is 5.73 Å². The lowest BCUT2D eigenvalue weighted by atomic mass is 9.86. The van der Waals surface area contributed by atoms with Crippen LogP contribution in [0.25, 0.3) is 0 Å². The van der Waals surface area contributed by atoms with Gasteiger partial charge in [0.15, 0.2) is 0 Å². The molecule has 31 heavy (non-hydrogen) atoms. The SMILES string of the molecule is C=CCNC(=O)C(=O)C(CCC)NC(=O)[C@@H]1[C@@H]2[C@H](CN1C(=O)[C@@H](N)C(C)(C)C)C2(C)C. The molecule has 0 aromatic heterocycles. The molecule has 1 aliphatic heterocycles. The van der Waals surface area contributed by atoms with Gasteiger partial charge in [-0.15, -0.1) is 6.58 Å².